The summed E-state index contributed by atoms with van der Waals surface area (Å²) in [4.78, 5) is 15.5. The Balaban J connectivity index is 2.47. The molecule has 0 amide bonds. The van der Waals surface area contributed by atoms with E-state index >= 15 is 0 Å². The van der Waals surface area contributed by atoms with Gasteiger partial charge < -0.3 is 15.2 Å². The van der Waals surface area contributed by atoms with Crippen molar-refractivity contribution in [2.24, 2.45) is 5.92 Å². The van der Waals surface area contributed by atoms with Crippen LogP contribution in [0.15, 0.2) is 30.3 Å². The molecule has 2 rings (SSSR count). The molecular weight excluding hydrogens is 268 g/mol. The van der Waals surface area contributed by atoms with Crippen molar-refractivity contribution in [1.29, 1.82) is 0 Å². The maximum atomic E-state index is 11.2. The molecule has 0 aliphatic heterocycles. The van der Waals surface area contributed by atoms with Gasteiger partial charge in [-0.25, -0.2) is 9.78 Å². The number of aromatic nitrogens is 1. The fraction of sp³-hybridized carbons (Fsp3) is 0.375. The van der Waals surface area contributed by atoms with Gasteiger partial charge in [0.1, 0.15) is 5.82 Å². The van der Waals surface area contributed by atoms with Crippen LogP contribution in [-0.2, 0) is 4.74 Å². The Kier molecular flexibility index (Phi) is 4.75. The van der Waals surface area contributed by atoms with Gasteiger partial charge in [0.25, 0.3) is 0 Å². The number of hydrogen-bond donors (Lipinski definition) is 2. The molecule has 0 fully saturated rings. The van der Waals surface area contributed by atoms with Crippen LogP contribution in [-0.4, -0.2) is 35.8 Å². The SMILES string of the molecule is COCC(Nc1nc(C(=O)O)cc2ccccc12)C(C)C. The lowest BCUT2D eigenvalue weighted by molar-refractivity contribution is 0.0691. The number of nitrogens with zero attached hydrogens (tertiary/aromatic N) is 1. The third kappa shape index (κ3) is 3.49. The number of carboxylic acid groups (broad SMARTS) is 1. The first-order valence-electron chi connectivity index (χ1n) is 6.91. The molecule has 112 valence electrons. The molecule has 0 radical (unpaired) electrons. The van der Waals surface area contributed by atoms with Crippen molar-refractivity contribution in [2.45, 2.75) is 19.9 Å². The summed E-state index contributed by atoms with van der Waals surface area (Å²) in [5.74, 6) is -0.114. The Labute approximate surface area is 124 Å². The number of carboxylic acids is 1. The second kappa shape index (κ2) is 6.54. The van der Waals surface area contributed by atoms with Gasteiger partial charge in [-0.15, -0.1) is 0 Å². The minimum Gasteiger partial charge on any atom is -0.477 e. The predicted molar refractivity (Wildman–Crippen MR) is 82.8 cm³/mol. The summed E-state index contributed by atoms with van der Waals surface area (Å²) in [6.07, 6.45) is 0. The van der Waals surface area contributed by atoms with Gasteiger partial charge in [0.15, 0.2) is 5.69 Å². The van der Waals surface area contributed by atoms with Crippen molar-refractivity contribution in [1.82, 2.24) is 4.98 Å². The average Bonchev–Trinajstić information content (AvgIpc) is 2.46. The number of methoxy groups -OCH3 is 1. The van der Waals surface area contributed by atoms with Gasteiger partial charge >= 0.3 is 5.97 Å². The number of hydrogen-bond acceptors (Lipinski definition) is 4. The molecule has 1 aromatic carbocycles. The van der Waals surface area contributed by atoms with Gasteiger partial charge in [-0.1, -0.05) is 38.1 Å². The van der Waals surface area contributed by atoms with Crippen molar-refractivity contribution >= 4 is 22.6 Å². The number of anilines is 1. The van der Waals surface area contributed by atoms with Crippen molar-refractivity contribution in [2.75, 3.05) is 19.0 Å². The first-order valence-corrected chi connectivity index (χ1v) is 6.91. The first kappa shape index (κ1) is 15.3. The summed E-state index contributed by atoms with van der Waals surface area (Å²) < 4.78 is 5.22. The molecule has 1 aromatic heterocycles. The number of fused-ring (bicyclic) bond motifs is 1. The molecule has 0 saturated heterocycles. The molecule has 1 heterocycles. The summed E-state index contributed by atoms with van der Waals surface area (Å²) in [6.45, 7) is 4.70. The smallest absolute Gasteiger partial charge is 0.354 e. The number of aromatic carboxylic acids is 1. The molecule has 5 heteroatoms. The normalized spacial score (nSPS) is 12.6. The van der Waals surface area contributed by atoms with Crippen LogP contribution in [0.2, 0.25) is 0 Å². The number of benzene rings is 1. The van der Waals surface area contributed by atoms with Crippen LogP contribution in [0, 0.1) is 5.92 Å². The zero-order valence-corrected chi connectivity index (χ0v) is 12.5. The van der Waals surface area contributed by atoms with Crippen molar-refractivity contribution < 1.29 is 14.6 Å². The highest BCUT2D eigenvalue weighted by Gasteiger charge is 2.17. The van der Waals surface area contributed by atoms with Gasteiger partial charge in [0.2, 0.25) is 0 Å². The van der Waals surface area contributed by atoms with Crippen LogP contribution in [0.3, 0.4) is 0 Å². The third-order valence-corrected chi connectivity index (χ3v) is 3.43. The van der Waals surface area contributed by atoms with E-state index in [1.165, 1.54) is 0 Å². The summed E-state index contributed by atoms with van der Waals surface area (Å²) in [5, 5.41) is 14.3. The first-order chi connectivity index (χ1) is 10.0. The molecular formula is C16H20N2O3. The number of nitrogens with one attached hydrogen (secondary N) is 1. The van der Waals surface area contributed by atoms with Crippen molar-refractivity contribution in [3.63, 3.8) is 0 Å². The second-order valence-corrected chi connectivity index (χ2v) is 5.33. The van der Waals surface area contributed by atoms with E-state index in [1.807, 2.05) is 24.3 Å². The zero-order chi connectivity index (χ0) is 15.4. The fourth-order valence-electron chi connectivity index (χ4n) is 2.17. The maximum Gasteiger partial charge on any atom is 0.354 e. The Bertz CT molecular complexity index is 640. The highest BCUT2D eigenvalue weighted by molar-refractivity contribution is 5.97. The quantitative estimate of drug-likeness (QED) is 0.855. The van der Waals surface area contributed by atoms with Crippen molar-refractivity contribution in [3.8, 4) is 0 Å². The number of pyridine rings is 1. The molecule has 21 heavy (non-hydrogen) atoms. The average molecular weight is 288 g/mol. The lowest BCUT2D eigenvalue weighted by atomic mass is 10.0. The molecule has 1 unspecified atom stereocenters. The number of ether oxygens (including phenoxy) is 1. The fourth-order valence-corrected chi connectivity index (χ4v) is 2.17. The highest BCUT2D eigenvalue weighted by atomic mass is 16.5. The Morgan fingerprint density at radius 2 is 2.10 bits per heavy atom. The third-order valence-electron chi connectivity index (χ3n) is 3.43. The molecule has 0 aliphatic rings. The lowest BCUT2D eigenvalue weighted by Gasteiger charge is -2.23. The Morgan fingerprint density at radius 1 is 1.38 bits per heavy atom. The lowest BCUT2D eigenvalue weighted by Crippen LogP contribution is -2.31. The van der Waals surface area contributed by atoms with Crippen LogP contribution in [0.5, 0.6) is 0 Å². The summed E-state index contributed by atoms with van der Waals surface area (Å²) in [7, 11) is 1.65. The molecule has 1 atom stereocenters. The molecule has 0 spiro atoms. The minimum atomic E-state index is -1.03. The Hall–Kier alpha value is -2.14. The molecule has 0 aliphatic carbocycles. The molecule has 2 aromatic rings. The van der Waals surface area contributed by atoms with E-state index in [1.54, 1.807) is 13.2 Å². The summed E-state index contributed by atoms with van der Waals surface area (Å²) in [6, 6.07) is 9.26. The Morgan fingerprint density at radius 3 is 2.71 bits per heavy atom. The van der Waals surface area contributed by atoms with E-state index in [-0.39, 0.29) is 11.7 Å². The van der Waals surface area contributed by atoms with Crippen LogP contribution in [0.1, 0.15) is 24.3 Å². The van der Waals surface area contributed by atoms with Crippen LogP contribution >= 0.6 is 0 Å². The largest absolute Gasteiger partial charge is 0.477 e. The standard InChI is InChI=1S/C16H20N2O3/c1-10(2)14(9-21-3)18-15-12-7-5-4-6-11(12)8-13(17-15)16(19)20/h4-8,10,14H,9H2,1-3H3,(H,17,18)(H,19,20). The molecule has 5 nitrogen and oxygen atoms in total. The maximum absolute atomic E-state index is 11.2. The van der Waals surface area contributed by atoms with Gasteiger partial charge in [-0.05, 0) is 17.4 Å². The van der Waals surface area contributed by atoms with Gasteiger partial charge in [-0.2, -0.15) is 0 Å². The number of carbonyl (C=O) groups is 1. The van der Waals surface area contributed by atoms with E-state index in [0.29, 0.717) is 18.3 Å². The van der Waals surface area contributed by atoms with E-state index in [0.717, 1.165) is 10.8 Å². The minimum absolute atomic E-state index is 0.0381. The van der Waals surface area contributed by atoms with Crippen LogP contribution < -0.4 is 5.32 Å². The van der Waals surface area contributed by atoms with Gasteiger partial charge in [-0.3, -0.25) is 0 Å². The second-order valence-electron chi connectivity index (χ2n) is 5.33. The van der Waals surface area contributed by atoms with Crippen molar-refractivity contribution in [3.05, 3.63) is 36.0 Å². The van der Waals surface area contributed by atoms with E-state index < -0.39 is 5.97 Å². The van der Waals surface area contributed by atoms with Gasteiger partial charge in [0, 0.05) is 12.5 Å². The summed E-state index contributed by atoms with van der Waals surface area (Å²) in [5.41, 5.74) is 0.0381. The van der Waals surface area contributed by atoms with E-state index in [4.69, 9.17) is 4.74 Å². The topological polar surface area (TPSA) is 71.5 Å². The number of rotatable bonds is 6. The highest BCUT2D eigenvalue weighted by Crippen LogP contribution is 2.24. The summed E-state index contributed by atoms with van der Waals surface area (Å²) >= 11 is 0. The van der Waals surface area contributed by atoms with E-state index in [9.17, 15) is 9.90 Å². The van der Waals surface area contributed by atoms with E-state index in [2.05, 4.69) is 24.1 Å². The van der Waals surface area contributed by atoms with Crippen LogP contribution in [0.25, 0.3) is 10.8 Å². The van der Waals surface area contributed by atoms with Gasteiger partial charge in [0.05, 0.1) is 12.6 Å². The molecule has 2 N–H and O–H groups in total. The monoisotopic (exact) mass is 288 g/mol. The molecule has 0 bridgehead atoms. The molecule has 0 saturated carbocycles. The predicted octanol–water partition coefficient (Wildman–Crippen LogP) is 3.02. The zero-order valence-electron chi connectivity index (χ0n) is 12.5. The van der Waals surface area contributed by atoms with Crippen LogP contribution in [0.4, 0.5) is 5.82 Å².